The summed E-state index contributed by atoms with van der Waals surface area (Å²) in [6.45, 7) is 2.72. The SMILES string of the molecule is Cc1cc(Cl)nc(Cl)c1NC(=O)[C@H]1CCCCN1. The zero-order chi connectivity index (χ0) is 13.1. The summed E-state index contributed by atoms with van der Waals surface area (Å²) in [6.07, 6.45) is 3.03. The minimum Gasteiger partial charge on any atom is -0.322 e. The average molecular weight is 288 g/mol. The largest absolute Gasteiger partial charge is 0.322 e. The fraction of sp³-hybridized carbons (Fsp3) is 0.500. The first-order chi connectivity index (χ1) is 8.58. The number of carbonyl (C=O) groups excluding carboxylic acids is 1. The molecule has 1 aliphatic rings. The van der Waals surface area contributed by atoms with Gasteiger partial charge < -0.3 is 10.6 Å². The number of amides is 1. The molecule has 2 rings (SSSR count). The number of halogens is 2. The van der Waals surface area contributed by atoms with Gasteiger partial charge in [-0.05, 0) is 37.9 Å². The van der Waals surface area contributed by atoms with E-state index in [0.29, 0.717) is 10.8 Å². The minimum atomic E-state index is -0.148. The molecule has 1 aromatic heterocycles. The van der Waals surface area contributed by atoms with Crippen LogP contribution in [0, 0.1) is 6.92 Å². The zero-order valence-corrected chi connectivity index (χ0v) is 11.6. The average Bonchev–Trinajstić information content (AvgIpc) is 2.34. The van der Waals surface area contributed by atoms with E-state index in [9.17, 15) is 4.79 Å². The molecule has 0 spiro atoms. The molecule has 1 fully saturated rings. The zero-order valence-electron chi connectivity index (χ0n) is 10.1. The second kappa shape index (κ2) is 5.87. The number of hydrogen-bond donors (Lipinski definition) is 2. The Hall–Kier alpha value is -0.840. The smallest absolute Gasteiger partial charge is 0.241 e. The number of aromatic nitrogens is 1. The number of nitrogens with one attached hydrogen (secondary N) is 2. The highest BCUT2D eigenvalue weighted by atomic mass is 35.5. The van der Waals surface area contributed by atoms with Gasteiger partial charge in [-0.1, -0.05) is 29.6 Å². The van der Waals surface area contributed by atoms with Crippen LogP contribution in [0.2, 0.25) is 10.3 Å². The molecule has 0 aliphatic carbocycles. The lowest BCUT2D eigenvalue weighted by Gasteiger charge is -2.23. The highest BCUT2D eigenvalue weighted by molar-refractivity contribution is 6.34. The maximum atomic E-state index is 12.1. The fourth-order valence-electron chi connectivity index (χ4n) is 2.03. The van der Waals surface area contributed by atoms with Crippen LogP contribution in [-0.2, 0) is 4.79 Å². The Morgan fingerprint density at radius 3 is 2.89 bits per heavy atom. The van der Waals surface area contributed by atoms with Crippen LogP contribution in [0.5, 0.6) is 0 Å². The minimum absolute atomic E-state index is 0.0659. The Balaban J connectivity index is 2.11. The molecule has 18 heavy (non-hydrogen) atoms. The topological polar surface area (TPSA) is 54.0 Å². The van der Waals surface area contributed by atoms with Crippen LogP contribution >= 0.6 is 23.2 Å². The molecule has 2 heterocycles. The third-order valence-electron chi connectivity index (χ3n) is 3.02. The summed E-state index contributed by atoms with van der Waals surface area (Å²) in [5.74, 6) is -0.0659. The van der Waals surface area contributed by atoms with Gasteiger partial charge in [0.05, 0.1) is 11.7 Å². The van der Waals surface area contributed by atoms with Crippen LogP contribution in [0.15, 0.2) is 6.07 Å². The van der Waals surface area contributed by atoms with E-state index in [1.54, 1.807) is 6.07 Å². The van der Waals surface area contributed by atoms with Gasteiger partial charge in [0.2, 0.25) is 5.91 Å². The first kappa shape index (κ1) is 13.6. The molecule has 1 aromatic rings. The number of piperidine rings is 1. The van der Waals surface area contributed by atoms with Crippen LogP contribution < -0.4 is 10.6 Å². The summed E-state index contributed by atoms with van der Waals surface area (Å²) >= 11 is 11.8. The molecule has 0 unspecified atom stereocenters. The molecular formula is C12H15Cl2N3O. The molecule has 0 radical (unpaired) electrons. The summed E-state index contributed by atoms with van der Waals surface area (Å²) in [4.78, 5) is 16.0. The Morgan fingerprint density at radius 2 is 2.28 bits per heavy atom. The molecule has 6 heteroatoms. The van der Waals surface area contributed by atoms with Crippen molar-refractivity contribution in [3.05, 3.63) is 21.9 Å². The first-order valence-electron chi connectivity index (χ1n) is 5.95. The van der Waals surface area contributed by atoms with E-state index in [1.165, 1.54) is 0 Å². The van der Waals surface area contributed by atoms with Crippen LogP contribution in [0.4, 0.5) is 5.69 Å². The predicted octanol–water partition coefficient (Wildman–Crippen LogP) is 2.78. The summed E-state index contributed by atoms with van der Waals surface area (Å²) < 4.78 is 0. The highest BCUT2D eigenvalue weighted by Gasteiger charge is 2.22. The molecule has 98 valence electrons. The summed E-state index contributed by atoms with van der Waals surface area (Å²) in [6, 6.07) is 1.53. The molecule has 0 aromatic carbocycles. The molecule has 2 N–H and O–H groups in total. The number of hydrogen-bond acceptors (Lipinski definition) is 3. The number of rotatable bonds is 2. The van der Waals surface area contributed by atoms with E-state index in [2.05, 4.69) is 15.6 Å². The summed E-state index contributed by atoms with van der Waals surface area (Å²) in [5.41, 5.74) is 1.35. The molecule has 0 bridgehead atoms. The van der Waals surface area contributed by atoms with Crippen LogP contribution in [0.1, 0.15) is 24.8 Å². The maximum Gasteiger partial charge on any atom is 0.241 e. The van der Waals surface area contributed by atoms with Gasteiger partial charge >= 0.3 is 0 Å². The number of carbonyl (C=O) groups is 1. The van der Waals surface area contributed by atoms with Gasteiger partial charge in [-0.25, -0.2) is 4.98 Å². The van der Waals surface area contributed by atoms with Gasteiger partial charge in [0.15, 0.2) is 5.15 Å². The van der Waals surface area contributed by atoms with Crippen LogP contribution in [-0.4, -0.2) is 23.5 Å². The predicted molar refractivity (Wildman–Crippen MR) is 73.3 cm³/mol. The van der Waals surface area contributed by atoms with E-state index in [4.69, 9.17) is 23.2 Å². The second-order valence-corrected chi connectivity index (χ2v) is 5.16. The van der Waals surface area contributed by atoms with Gasteiger partial charge in [0.1, 0.15) is 5.15 Å². The Kier molecular flexibility index (Phi) is 4.43. The lowest BCUT2D eigenvalue weighted by Crippen LogP contribution is -2.43. The van der Waals surface area contributed by atoms with E-state index in [-0.39, 0.29) is 17.1 Å². The van der Waals surface area contributed by atoms with E-state index < -0.39 is 0 Å². The molecule has 4 nitrogen and oxygen atoms in total. The van der Waals surface area contributed by atoms with Crippen LogP contribution in [0.3, 0.4) is 0 Å². The lowest BCUT2D eigenvalue weighted by atomic mass is 10.0. The van der Waals surface area contributed by atoms with Crippen molar-refractivity contribution in [2.24, 2.45) is 0 Å². The van der Waals surface area contributed by atoms with Crippen molar-refractivity contribution in [1.82, 2.24) is 10.3 Å². The quantitative estimate of drug-likeness (QED) is 0.823. The standard InChI is InChI=1S/C12H15Cl2N3O/c1-7-6-9(13)16-11(14)10(7)17-12(18)8-4-2-3-5-15-8/h6,8,15H,2-5H2,1H3,(H,17,18)/t8-/m1/s1. The van der Waals surface area contributed by atoms with Crippen molar-refractivity contribution in [2.75, 3.05) is 11.9 Å². The Morgan fingerprint density at radius 1 is 1.50 bits per heavy atom. The molecule has 1 atom stereocenters. The van der Waals surface area contributed by atoms with Crippen molar-refractivity contribution >= 4 is 34.8 Å². The Bertz CT molecular complexity index is 436. The summed E-state index contributed by atoms with van der Waals surface area (Å²) in [5, 5.41) is 6.56. The second-order valence-electron chi connectivity index (χ2n) is 4.42. The summed E-state index contributed by atoms with van der Waals surface area (Å²) in [7, 11) is 0. The van der Waals surface area contributed by atoms with Crippen LogP contribution in [0.25, 0.3) is 0 Å². The Labute approximate surface area is 116 Å². The molecule has 1 amide bonds. The van der Waals surface area contributed by atoms with Gasteiger partial charge in [0.25, 0.3) is 0 Å². The molecule has 1 saturated heterocycles. The lowest BCUT2D eigenvalue weighted by molar-refractivity contribution is -0.118. The van der Waals surface area contributed by atoms with Crippen molar-refractivity contribution in [1.29, 1.82) is 0 Å². The number of pyridine rings is 1. The van der Waals surface area contributed by atoms with Crippen molar-refractivity contribution < 1.29 is 4.79 Å². The van der Waals surface area contributed by atoms with Crippen molar-refractivity contribution in [2.45, 2.75) is 32.2 Å². The van der Waals surface area contributed by atoms with E-state index in [0.717, 1.165) is 31.4 Å². The van der Waals surface area contributed by atoms with Crippen molar-refractivity contribution in [3.63, 3.8) is 0 Å². The first-order valence-corrected chi connectivity index (χ1v) is 6.70. The van der Waals surface area contributed by atoms with Gasteiger partial charge in [-0.2, -0.15) is 0 Å². The van der Waals surface area contributed by atoms with E-state index in [1.807, 2.05) is 6.92 Å². The van der Waals surface area contributed by atoms with E-state index >= 15 is 0 Å². The van der Waals surface area contributed by atoms with Gasteiger partial charge in [-0.3, -0.25) is 4.79 Å². The fourth-order valence-corrected chi connectivity index (χ4v) is 2.61. The van der Waals surface area contributed by atoms with Gasteiger partial charge in [0, 0.05) is 0 Å². The number of anilines is 1. The monoisotopic (exact) mass is 287 g/mol. The molecular weight excluding hydrogens is 273 g/mol. The molecule has 0 saturated carbocycles. The van der Waals surface area contributed by atoms with Gasteiger partial charge in [-0.15, -0.1) is 0 Å². The number of nitrogens with zero attached hydrogens (tertiary/aromatic N) is 1. The third kappa shape index (κ3) is 3.13. The normalized spacial score (nSPS) is 19.6. The molecule has 1 aliphatic heterocycles. The maximum absolute atomic E-state index is 12.1. The number of aryl methyl sites for hydroxylation is 1. The van der Waals surface area contributed by atoms with Crippen molar-refractivity contribution in [3.8, 4) is 0 Å². The highest BCUT2D eigenvalue weighted by Crippen LogP contribution is 2.26. The third-order valence-corrected chi connectivity index (χ3v) is 3.48.